The minimum absolute atomic E-state index is 0.0155. The lowest BCUT2D eigenvalue weighted by Crippen LogP contribution is -2.29. The predicted octanol–water partition coefficient (Wildman–Crippen LogP) is 4.47. The second kappa shape index (κ2) is 10.4. The van der Waals surface area contributed by atoms with Gasteiger partial charge in [0.2, 0.25) is 0 Å². The van der Waals surface area contributed by atoms with Gasteiger partial charge < -0.3 is 9.84 Å². The third-order valence-electron chi connectivity index (χ3n) is 5.74. The second-order valence-electron chi connectivity index (χ2n) is 8.15. The van der Waals surface area contributed by atoms with Crippen LogP contribution >= 0.6 is 0 Å². The molecule has 1 atom stereocenters. The van der Waals surface area contributed by atoms with E-state index in [1.54, 1.807) is 37.3 Å². The Morgan fingerprint density at radius 3 is 2.51 bits per heavy atom. The molecule has 4 rings (SSSR count). The molecule has 0 saturated carbocycles. The quantitative estimate of drug-likeness (QED) is 0.293. The van der Waals surface area contributed by atoms with Crippen molar-refractivity contribution in [1.82, 2.24) is 9.91 Å². The van der Waals surface area contributed by atoms with Crippen LogP contribution in [-0.2, 0) is 11.3 Å². The van der Waals surface area contributed by atoms with E-state index in [2.05, 4.69) is 5.10 Å². The molecule has 1 heterocycles. The van der Waals surface area contributed by atoms with E-state index in [4.69, 9.17) is 4.74 Å². The summed E-state index contributed by atoms with van der Waals surface area (Å²) in [5.41, 5.74) is 2.99. The molecule has 0 aromatic heterocycles. The first-order valence-electron chi connectivity index (χ1n) is 11.2. The molecule has 1 saturated heterocycles. The Kier molecular flexibility index (Phi) is 7.07. The van der Waals surface area contributed by atoms with Gasteiger partial charge in [-0.05, 0) is 54.8 Å². The predicted molar refractivity (Wildman–Crippen MR) is 131 cm³/mol. The highest BCUT2D eigenvalue weighted by atomic mass is 16.6. The zero-order chi connectivity index (χ0) is 24.9. The van der Waals surface area contributed by atoms with E-state index in [0.717, 1.165) is 11.1 Å². The molecule has 1 aliphatic heterocycles. The number of nitro groups is 1. The van der Waals surface area contributed by atoms with Crippen molar-refractivity contribution in [3.05, 3.63) is 99.6 Å². The molecular formula is C26H26N4O5. The number of aromatic hydroxyl groups is 1. The van der Waals surface area contributed by atoms with Crippen molar-refractivity contribution in [2.45, 2.75) is 26.6 Å². The van der Waals surface area contributed by atoms with Crippen LogP contribution in [0.5, 0.6) is 11.5 Å². The summed E-state index contributed by atoms with van der Waals surface area (Å²) in [6, 6.07) is 20.9. The summed E-state index contributed by atoms with van der Waals surface area (Å²) in [5.74, 6) is 0.171. The number of amides is 1. The molecule has 9 nitrogen and oxygen atoms in total. The van der Waals surface area contributed by atoms with Gasteiger partial charge in [0, 0.05) is 18.7 Å². The van der Waals surface area contributed by atoms with Crippen molar-refractivity contribution < 1.29 is 19.6 Å². The van der Waals surface area contributed by atoms with Crippen LogP contribution in [0.15, 0.2) is 77.9 Å². The van der Waals surface area contributed by atoms with Gasteiger partial charge in [0.05, 0.1) is 23.8 Å². The smallest absolute Gasteiger partial charge is 0.269 e. The van der Waals surface area contributed by atoms with Crippen LogP contribution in [0, 0.1) is 10.1 Å². The zero-order valence-electron chi connectivity index (χ0n) is 19.5. The van der Waals surface area contributed by atoms with Crippen molar-refractivity contribution in [2.24, 2.45) is 5.10 Å². The second-order valence-corrected chi connectivity index (χ2v) is 8.15. The molecule has 9 heteroatoms. The number of hydrazone groups is 1. The van der Waals surface area contributed by atoms with Crippen LogP contribution in [0.25, 0.3) is 0 Å². The molecule has 0 radical (unpaired) electrons. The van der Waals surface area contributed by atoms with E-state index in [1.807, 2.05) is 42.2 Å². The lowest BCUT2D eigenvalue weighted by molar-refractivity contribution is -0.384. The maximum Gasteiger partial charge on any atom is 0.269 e. The van der Waals surface area contributed by atoms with Gasteiger partial charge in [0.25, 0.3) is 11.6 Å². The first kappa shape index (κ1) is 23.9. The first-order valence-corrected chi connectivity index (χ1v) is 11.2. The number of nitrogens with zero attached hydrogens (tertiary/aromatic N) is 4. The van der Waals surface area contributed by atoms with E-state index in [0.29, 0.717) is 30.2 Å². The summed E-state index contributed by atoms with van der Waals surface area (Å²) >= 11 is 0. The zero-order valence-corrected chi connectivity index (χ0v) is 19.5. The normalized spacial score (nSPS) is 16.5. The largest absolute Gasteiger partial charge is 0.504 e. The van der Waals surface area contributed by atoms with Gasteiger partial charge in [-0.2, -0.15) is 5.10 Å². The van der Waals surface area contributed by atoms with E-state index >= 15 is 0 Å². The molecule has 35 heavy (non-hydrogen) atoms. The number of hydrogen-bond donors (Lipinski definition) is 1. The number of phenols is 1. The first-order chi connectivity index (χ1) is 16.9. The fraction of sp³-hybridized carbons (Fsp3) is 0.231. The standard InChI is InChI=1S/C26H26N4O5/c1-3-35-24-15-21(11-14-23(24)31)26-28(16-19-7-5-4-6-8-19)17-25(32)29(26)27-18(2)20-9-12-22(13-10-20)30(33)34/h4-15,26,31H,3,16-17H2,1-2H3/b27-18-/t26-/m0/s1. The molecule has 1 amide bonds. The molecule has 0 spiro atoms. The highest BCUT2D eigenvalue weighted by Crippen LogP contribution is 2.37. The number of carbonyl (C=O) groups excluding carboxylic acids is 1. The van der Waals surface area contributed by atoms with Crippen molar-refractivity contribution in [2.75, 3.05) is 13.2 Å². The molecule has 0 bridgehead atoms. The van der Waals surface area contributed by atoms with Crippen LogP contribution < -0.4 is 4.74 Å². The molecule has 3 aromatic rings. The van der Waals surface area contributed by atoms with E-state index < -0.39 is 11.1 Å². The Bertz CT molecular complexity index is 1240. The Morgan fingerprint density at radius 2 is 1.86 bits per heavy atom. The minimum Gasteiger partial charge on any atom is -0.504 e. The van der Waals surface area contributed by atoms with E-state index in [-0.39, 0.29) is 23.9 Å². The summed E-state index contributed by atoms with van der Waals surface area (Å²) in [4.78, 5) is 25.7. The number of non-ortho nitro benzene ring substituents is 1. The number of benzene rings is 3. The maximum atomic E-state index is 13.2. The lowest BCUT2D eigenvalue weighted by Gasteiger charge is -2.28. The Labute approximate surface area is 203 Å². The molecular weight excluding hydrogens is 448 g/mol. The van der Waals surface area contributed by atoms with Crippen LogP contribution in [0.3, 0.4) is 0 Å². The Hall–Kier alpha value is -4.24. The van der Waals surface area contributed by atoms with Crippen molar-refractivity contribution in [3.63, 3.8) is 0 Å². The fourth-order valence-corrected chi connectivity index (χ4v) is 4.05. The molecule has 180 valence electrons. The van der Waals surface area contributed by atoms with Gasteiger partial charge in [-0.1, -0.05) is 36.4 Å². The van der Waals surface area contributed by atoms with Gasteiger partial charge >= 0.3 is 0 Å². The highest BCUT2D eigenvalue weighted by molar-refractivity contribution is 5.99. The fourth-order valence-electron chi connectivity index (χ4n) is 4.05. The Balaban J connectivity index is 1.72. The van der Waals surface area contributed by atoms with Crippen LogP contribution in [0.1, 0.15) is 36.7 Å². The molecule has 1 N–H and O–H groups in total. The highest BCUT2D eigenvalue weighted by Gasteiger charge is 2.39. The number of ether oxygens (including phenoxy) is 1. The molecule has 0 aliphatic carbocycles. The van der Waals surface area contributed by atoms with Crippen LogP contribution in [0.2, 0.25) is 0 Å². The SMILES string of the molecule is CCOc1cc([C@H]2N(Cc3ccccc3)CC(=O)N2/N=C(/C)c2ccc([N+](=O)[O-])cc2)ccc1O. The monoisotopic (exact) mass is 474 g/mol. The third kappa shape index (κ3) is 5.30. The maximum absolute atomic E-state index is 13.2. The number of hydrogen-bond acceptors (Lipinski definition) is 7. The molecule has 3 aromatic carbocycles. The topological polar surface area (TPSA) is 109 Å². The van der Waals surface area contributed by atoms with Gasteiger partial charge in [-0.25, -0.2) is 5.01 Å². The van der Waals surface area contributed by atoms with E-state index in [9.17, 15) is 20.0 Å². The lowest BCUT2D eigenvalue weighted by atomic mass is 10.1. The van der Waals surface area contributed by atoms with E-state index in [1.165, 1.54) is 17.1 Å². The van der Waals surface area contributed by atoms with Gasteiger partial charge in [-0.3, -0.25) is 19.8 Å². The number of phenolic OH excluding ortho intramolecular Hbond substituents is 1. The minimum atomic E-state index is -0.532. The summed E-state index contributed by atoms with van der Waals surface area (Å²) < 4.78 is 5.57. The van der Waals surface area contributed by atoms with Crippen LogP contribution in [0.4, 0.5) is 5.69 Å². The van der Waals surface area contributed by atoms with Crippen molar-refractivity contribution >= 4 is 17.3 Å². The summed E-state index contributed by atoms with van der Waals surface area (Å²) in [7, 11) is 0. The number of rotatable bonds is 8. The van der Waals surface area contributed by atoms with Gasteiger partial charge in [0.15, 0.2) is 11.5 Å². The Morgan fingerprint density at radius 1 is 1.14 bits per heavy atom. The molecule has 1 aliphatic rings. The third-order valence-corrected chi connectivity index (χ3v) is 5.74. The average molecular weight is 475 g/mol. The molecule has 0 unspecified atom stereocenters. The van der Waals surface area contributed by atoms with Gasteiger partial charge in [-0.15, -0.1) is 0 Å². The van der Waals surface area contributed by atoms with Crippen molar-refractivity contribution in [1.29, 1.82) is 0 Å². The summed E-state index contributed by atoms with van der Waals surface area (Å²) in [6.45, 7) is 4.65. The van der Waals surface area contributed by atoms with Gasteiger partial charge in [0.1, 0.15) is 6.17 Å². The number of nitro benzene ring substituents is 1. The molecule has 1 fully saturated rings. The summed E-state index contributed by atoms with van der Waals surface area (Å²) in [6.07, 6.45) is -0.532. The van der Waals surface area contributed by atoms with Crippen LogP contribution in [-0.4, -0.2) is 44.7 Å². The van der Waals surface area contributed by atoms with Crippen molar-refractivity contribution in [3.8, 4) is 11.5 Å². The average Bonchev–Trinajstić information content (AvgIpc) is 3.15. The summed E-state index contributed by atoms with van der Waals surface area (Å²) in [5, 5.41) is 27.2. The number of carbonyl (C=O) groups is 1.